The van der Waals surface area contributed by atoms with Crippen molar-refractivity contribution in [3.8, 4) is 5.82 Å². The monoisotopic (exact) mass is 298 g/mol. The topological polar surface area (TPSA) is 73.9 Å². The van der Waals surface area contributed by atoms with Crippen LogP contribution in [0.4, 0.5) is 10.1 Å². The van der Waals surface area contributed by atoms with Crippen LogP contribution in [0.2, 0.25) is 0 Å². The van der Waals surface area contributed by atoms with Gasteiger partial charge in [-0.25, -0.2) is 14.1 Å². The van der Waals surface area contributed by atoms with E-state index in [-0.39, 0.29) is 11.4 Å². The first kappa shape index (κ1) is 13.7. The smallest absolute Gasteiger partial charge is 0.290 e. The number of nitrogens with zero attached hydrogens (tertiary/aromatic N) is 3. The molecule has 0 saturated heterocycles. The molecular weight excluding hydrogens is 287 g/mol. The van der Waals surface area contributed by atoms with Gasteiger partial charge in [0.15, 0.2) is 6.33 Å². The number of hydrogen-bond donors (Lipinski definition) is 1. The normalized spacial score (nSPS) is 10.4. The fraction of sp³-hybridized carbons (Fsp3) is 0. The van der Waals surface area contributed by atoms with Crippen molar-refractivity contribution >= 4 is 11.6 Å². The van der Waals surface area contributed by atoms with E-state index in [2.05, 4.69) is 10.3 Å². The molecule has 0 aliphatic heterocycles. The predicted octanol–water partition coefficient (Wildman–Crippen LogP) is 1.90. The molecule has 2 heterocycles. The third-order valence-corrected chi connectivity index (χ3v) is 3.03. The van der Waals surface area contributed by atoms with Gasteiger partial charge in [0.2, 0.25) is 0 Å². The van der Waals surface area contributed by atoms with Gasteiger partial charge in [-0.05, 0) is 30.3 Å². The van der Waals surface area contributed by atoms with Crippen LogP contribution in [0.15, 0.2) is 61.3 Å². The van der Waals surface area contributed by atoms with Crippen molar-refractivity contribution in [2.75, 3.05) is 5.32 Å². The van der Waals surface area contributed by atoms with Gasteiger partial charge in [-0.2, -0.15) is 4.57 Å². The molecular formula is C15H11FN4O2. The van der Waals surface area contributed by atoms with Gasteiger partial charge in [-0.1, -0.05) is 0 Å². The number of pyridine rings is 1. The molecule has 22 heavy (non-hydrogen) atoms. The molecule has 110 valence electrons. The summed E-state index contributed by atoms with van der Waals surface area (Å²) < 4.78 is 14.9. The molecule has 6 nitrogen and oxygen atoms in total. The zero-order valence-electron chi connectivity index (χ0n) is 11.3. The Morgan fingerprint density at radius 3 is 2.64 bits per heavy atom. The SMILES string of the molecule is O=C(Nc1ccc(F)cc1)c1ccc(-n2ccnc2)[n+]([O-])c1. The maximum atomic E-state index is 12.8. The summed E-state index contributed by atoms with van der Waals surface area (Å²) in [5, 5.41) is 14.6. The third kappa shape index (κ3) is 2.78. The first-order valence-electron chi connectivity index (χ1n) is 6.42. The standard InChI is InChI=1S/C15H11FN4O2/c16-12-2-4-13(5-3-12)18-15(21)11-1-6-14(20(22)9-11)19-8-7-17-10-19/h1-10H,(H,18,21). The van der Waals surface area contributed by atoms with Crippen LogP contribution in [0.25, 0.3) is 5.82 Å². The van der Waals surface area contributed by atoms with Gasteiger partial charge in [0.25, 0.3) is 11.7 Å². The zero-order valence-corrected chi connectivity index (χ0v) is 11.3. The van der Waals surface area contributed by atoms with Crippen molar-refractivity contribution in [3.63, 3.8) is 0 Å². The molecule has 0 bridgehead atoms. The molecule has 0 unspecified atom stereocenters. The van der Waals surface area contributed by atoms with Gasteiger partial charge in [0.1, 0.15) is 18.2 Å². The molecule has 0 radical (unpaired) electrons. The Kier molecular flexibility index (Phi) is 3.53. The van der Waals surface area contributed by atoms with Crippen molar-refractivity contribution in [1.29, 1.82) is 0 Å². The van der Waals surface area contributed by atoms with Gasteiger partial charge in [0.05, 0.1) is 11.8 Å². The number of carbonyl (C=O) groups is 1. The summed E-state index contributed by atoms with van der Waals surface area (Å²) in [4.78, 5) is 15.9. The Hall–Kier alpha value is -3.22. The van der Waals surface area contributed by atoms with Crippen LogP contribution in [-0.4, -0.2) is 15.5 Å². The summed E-state index contributed by atoms with van der Waals surface area (Å²) in [6, 6.07) is 8.42. The number of rotatable bonds is 3. The van der Waals surface area contributed by atoms with E-state index < -0.39 is 5.91 Å². The van der Waals surface area contributed by atoms with E-state index in [9.17, 15) is 14.4 Å². The fourth-order valence-electron chi connectivity index (χ4n) is 1.94. The van der Waals surface area contributed by atoms with Gasteiger partial charge >= 0.3 is 0 Å². The first-order valence-corrected chi connectivity index (χ1v) is 6.42. The minimum Gasteiger partial charge on any atom is -0.711 e. The lowest BCUT2D eigenvalue weighted by Gasteiger charge is -2.10. The summed E-state index contributed by atoms with van der Waals surface area (Å²) in [7, 11) is 0. The lowest BCUT2D eigenvalue weighted by atomic mass is 10.2. The highest BCUT2D eigenvalue weighted by Crippen LogP contribution is 2.11. The van der Waals surface area contributed by atoms with Gasteiger partial charge in [-0.3, -0.25) is 4.79 Å². The minimum atomic E-state index is -0.451. The highest BCUT2D eigenvalue weighted by atomic mass is 19.1. The number of halogens is 1. The summed E-state index contributed by atoms with van der Waals surface area (Å²) in [5.74, 6) is -0.510. The van der Waals surface area contributed by atoms with Gasteiger partial charge in [0, 0.05) is 11.8 Å². The Morgan fingerprint density at radius 2 is 2.00 bits per heavy atom. The molecule has 3 rings (SSSR count). The summed E-state index contributed by atoms with van der Waals surface area (Å²) in [5.41, 5.74) is 0.644. The number of imidazole rings is 1. The molecule has 0 saturated carbocycles. The average molecular weight is 298 g/mol. The second-order valence-electron chi connectivity index (χ2n) is 4.53. The highest BCUT2D eigenvalue weighted by molar-refractivity contribution is 6.03. The number of aromatic nitrogens is 3. The van der Waals surface area contributed by atoms with E-state index in [1.165, 1.54) is 53.5 Å². The van der Waals surface area contributed by atoms with Crippen LogP contribution in [-0.2, 0) is 0 Å². The average Bonchev–Trinajstić information content (AvgIpc) is 3.03. The van der Waals surface area contributed by atoms with Crippen LogP contribution in [0, 0.1) is 11.0 Å². The Labute approximate surface area is 125 Å². The largest absolute Gasteiger partial charge is 0.711 e. The predicted molar refractivity (Wildman–Crippen MR) is 76.9 cm³/mol. The van der Waals surface area contributed by atoms with Crippen LogP contribution in [0.3, 0.4) is 0 Å². The van der Waals surface area contributed by atoms with Crippen molar-refractivity contribution in [2.24, 2.45) is 0 Å². The van der Waals surface area contributed by atoms with Crippen molar-refractivity contribution in [2.45, 2.75) is 0 Å². The molecule has 2 aromatic heterocycles. The van der Waals surface area contributed by atoms with E-state index in [4.69, 9.17) is 0 Å². The van der Waals surface area contributed by atoms with Crippen molar-refractivity contribution in [3.05, 3.63) is 77.9 Å². The van der Waals surface area contributed by atoms with Gasteiger partial charge < -0.3 is 10.5 Å². The van der Waals surface area contributed by atoms with E-state index >= 15 is 0 Å². The summed E-state index contributed by atoms with van der Waals surface area (Å²) in [6.45, 7) is 0. The zero-order chi connectivity index (χ0) is 15.5. The third-order valence-electron chi connectivity index (χ3n) is 3.03. The molecule has 3 aromatic rings. The quantitative estimate of drug-likeness (QED) is 0.593. The first-order chi connectivity index (χ1) is 10.6. The van der Waals surface area contributed by atoms with Crippen LogP contribution >= 0.6 is 0 Å². The second kappa shape index (κ2) is 5.65. The molecule has 0 aliphatic rings. The van der Waals surface area contributed by atoms with Crippen molar-refractivity contribution < 1.29 is 13.9 Å². The van der Waals surface area contributed by atoms with E-state index in [1.807, 2.05) is 0 Å². The van der Waals surface area contributed by atoms with E-state index in [0.29, 0.717) is 16.2 Å². The van der Waals surface area contributed by atoms with Gasteiger partial charge in [-0.15, -0.1) is 0 Å². The summed E-state index contributed by atoms with van der Waals surface area (Å²) >= 11 is 0. The van der Waals surface area contributed by atoms with Crippen LogP contribution in [0.5, 0.6) is 0 Å². The molecule has 1 aromatic carbocycles. The minimum absolute atomic E-state index is 0.197. The lowest BCUT2D eigenvalue weighted by molar-refractivity contribution is -0.599. The Morgan fingerprint density at radius 1 is 1.23 bits per heavy atom. The molecule has 0 fully saturated rings. The number of carbonyl (C=O) groups excluding carboxylic acids is 1. The maximum Gasteiger partial charge on any atom is 0.290 e. The van der Waals surface area contributed by atoms with Crippen LogP contribution < -0.4 is 10.0 Å². The molecule has 1 amide bonds. The molecule has 0 aliphatic carbocycles. The van der Waals surface area contributed by atoms with E-state index in [0.717, 1.165) is 0 Å². The maximum absolute atomic E-state index is 12.8. The lowest BCUT2D eigenvalue weighted by Crippen LogP contribution is -2.33. The number of nitrogens with one attached hydrogen (secondary N) is 1. The number of hydrogen-bond acceptors (Lipinski definition) is 3. The number of amides is 1. The molecule has 0 atom stereocenters. The number of benzene rings is 1. The summed E-state index contributed by atoms with van der Waals surface area (Å²) in [6.07, 6.45) is 5.84. The molecule has 7 heteroatoms. The van der Waals surface area contributed by atoms with E-state index in [1.54, 1.807) is 12.4 Å². The Bertz CT molecular complexity index is 801. The van der Waals surface area contributed by atoms with Crippen LogP contribution in [0.1, 0.15) is 10.4 Å². The van der Waals surface area contributed by atoms with Crippen molar-refractivity contribution in [1.82, 2.24) is 9.55 Å². The molecule has 0 spiro atoms. The number of anilines is 1. The highest BCUT2D eigenvalue weighted by Gasteiger charge is 2.12. The Balaban J connectivity index is 1.81. The molecule has 1 N–H and O–H groups in total. The fourth-order valence-corrected chi connectivity index (χ4v) is 1.94. The second-order valence-corrected chi connectivity index (χ2v) is 4.53.